The average molecular weight is 355 g/mol. The highest BCUT2D eigenvalue weighted by atomic mass is 35.5. The topological polar surface area (TPSA) is 65.3 Å². The summed E-state index contributed by atoms with van der Waals surface area (Å²) in [4.78, 5) is 26.7. The first kappa shape index (κ1) is 15.8. The third-order valence-corrected chi connectivity index (χ3v) is 4.75. The van der Waals surface area contributed by atoms with Crippen LogP contribution >= 0.6 is 11.6 Å². The molecule has 0 aliphatic carbocycles. The SMILES string of the molecule is Cc1ccccc1CN1N=NC2C(=O)N(c3cccc(Cl)c3)C(=O)C21. The highest BCUT2D eigenvalue weighted by Crippen LogP contribution is 2.33. The van der Waals surface area contributed by atoms with Crippen LogP contribution in [0.15, 0.2) is 58.9 Å². The van der Waals surface area contributed by atoms with E-state index in [0.29, 0.717) is 17.3 Å². The van der Waals surface area contributed by atoms with Crippen LogP contribution in [0.5, 0.6) is 0 Å². The summed E-state index contributed by atoms with van der Waals surface area (Å²) < 4.78 is 0. The van der Waals surface area contributed by atoms with Crippen LogP contribution < -0.4 is 4.90 Å². The minimum Gasteiger partial charge on any atom is -0.271 e. The molecule has 0 N–H and O–H groups in total. The Kier molecular flexibility index (Phi) is 3.77. The van der Waals surface area contributed by atoms with E-state index in [1.54, 1.807) is 29.3 Å². The van der Waals surface area contributed by atoms with Crippen LogP contribution in [0.2, 0.25) is 5.02 Å². The largest absolute Gasteiger partial charge is 0.271 e. The van der Waals surface area contributed by atoms with Gasteiger partial charge in [-0.1, -0.05) is 47.2 Å². The van der Waals surface area contributed by atoms with Gasteiger partial charge in [0.2, 0.25) is 0 Å². The van der Waals surface area contributed by atoms with Crippen molar-refractivity contribution in [2.45, 2.75) is 25.6 Å². The summed E-state index contributed by atoms with van der Waals surface area (Å²) >= 11 is 5.99. The van der Waals surface area contributed by atoms with Gasteiger partial charge in [-0.25, -0.2) is 4.90 Å². The van der Waals surface area contributed by atoms with E-state index < -0.39 is 12.1 Å². The molecule has 0 saturated carbocycles. The minimum atomic E-state index is -0.796. The van der Waals surface area contributed by atoms with Gasteiger partial charge in [0.25, 0.3) is 11.8 Å². The lowest BCUT2D eigenvalue weighted by Crippen LogP contribution is -2.39. The number of anilines is 1. The van der Waals surface area contributed by atoms with Crippen molar-refractivity contribution in [2.75, 3.05) is 4.90 Å². The number of nitrogens with zero attached hydrogens (tertiary/aromatic N) is 4. The Balaban J connectivity index is 1.63. The lowest BCUT2D eigenvalue weighted by atomic mass is 10.1. The van der Waals surface area contributed by atoms with Gasteiger partial charge in [-0.05, 0) is 36.2 Å². The third-order valence-electron chi connectivity index (χ3n) is 4.52. The van der Waals surface area contributed by atoms with E-state index in [0.717, 1.165) is 16.0 Å². The van der Waals surface area contributed by atoms with Gasteiger partial charge in [-0.15, -0.1) is 0 Å². The number of carbonyl (C=O) groups is 2. The zero-order valence-electron chi connectivity index (χ0n) is 13.5. The Morgan fingerprint density at radius 2 is 1.88 bits per heavy atom. The smallest absolute Gasteiger partial charge is 0.263 e. The van der Waals surface area contributed by atoms with Crippen molar-refractivity contribution in [1.82, 2.24) is 5.01 Å². The van der Waals surface area contributed by atoms with E-state index in [9.17, 15) is 9.59 Å². The number of hydrogen-bond donors (Lipinski definition) is 0. The van der Waals surface area contributed by atoms with Gasteiger partial charge in [0.15, 0.2) is 12.1 Å². The van der Waals surface area contributed by atoms with Crippen LogP contribution in [-0.2, 0) is 16.1 Å². The summed E-state index contributed by atoms with van der Waals surface area (Å²) in [7, 11) is 0. The monoisotopic (exact) mass is 354 g/mol. The lowest BCUT2D eigenvalue weighted by Gasteiger charge is -2.21. The molecule has 0 bridgehead atoms. The van der Waals surface area contributed by atoms with Crippen molar-refractivity contribution in [1.29, 1.82) is 0 Å². The summed E-state index contributed by atoms with van der Waals surface area (Å²) in [5.74, 6) is -0.691. The predicted octanol–water partition coefficient (Wildman–Crippen LogP) is 3.14. The maximum atomic E-state index is 12.9. The van der Waals surface area contributed by atoms with E-state index >= 15 is 0 Å². The van der Waals surface area contributed by atoms with Crippen molar-refractivity contribution in [2.24, 2.45) is 10.3 Å². The first-order valence-electron chi connectivity index (χ1n) is 7.91. The number of carbonyl (C=O) groups excluding carboxylic acids is 2. The highest BCUT2D eigenvalue weighted by molar-refractivity contribution is 6.31. The number of imide groups is 1. The molecule has 2 unspecified atom stereocenters. The van der Waals surface area contributed by atoms with Crippen molar-refractivity contribution in [3.05, 3.63) is 64.7 Å². The van der Waals surface area contributed by atoms with Crippen LogP contribution in [0.1, 0.15) is 11.1 Å². The number of aryl methyl sites for hydroxylation is 1. The summed E-state index contributed by atoms with van der Waals surface area (Å²) in [6.07, 6.45) is 0. The van der Waals surface area contributed by atoms with Crippen molar-refractivity contribution in [3.63, 3.8) is 0 Å². The fourth-order valence-electron chi connectivity index (χ4n) is 3.19. The van der Waals surface area contributed by atoms with Gasteiger partial charge in [-0.2, -0.15) is 5.11 Å². The zero-order chi connectivity index (χ0) is 17.6. The second-order valence-corrected chi connectivity index (χ2v) is 6.55. The van der Waals surface area contributed by atoms with Gasteiger partial charge in [0, 0.05) is 5.02 Å². The molecule has 0 spiro atoms. The Bertz CT molecular complexity index is 898. The maximum absolute atomic E-state index is 12.9. The quantitative estimate of drug-likeness (QED) is 0.795. The molecule has 2 heterocycles. The normalized spacial score (nSPS) is 22.0. The van der Waals surface area contributed by atoms with E-state index in [1.165, 1.54) is 0 Å². The molecular weight excluding hydrogens is 340 g/mol. The Labute approximate surface area is 149 Å². The Morgan fingerprint density at radius 1 is 1.08 bits per heavy atom. The molecule has 2 aliphatic rings. The summed E-state index contributed by atoms with van der Waals surface area (Å²) in [6.45, 7) is 2.43. The molecule has 126 valence electrons. The minimum absolute atomic E-state index is 0.323. The molecule has 2 aromatic rings. The second kappa shape index (κ2) is 5.97. The highest BCUT2D eigenvalue weighted by Gasteiger charge is 2.54. The molecule has 2 aliphatic heterocycles. The van der Waals surface area contributed by atoms with Gasteiger partial charge < -0.3 is 0 Å². The number of halogens is 1. The van der Waals surface area contributed by atoms with Gasteiger partial charge >= 0.3 is 0 Å². The molecule has 0 aromatic heterocycles. The zero-order valence-corrected chi connectivity index (χ0v) is 14.2. The Morgan fingerprint density at radius 3 is 2.64 bits per heavy atom. The molecule has 2 atom stereocenters. The number of rotatable bonds is 3. The second-order valence-electron chi connectivity index (χ2n) is 6.11. The fourth-order valence-corrected chi connectivity index (χ4v) is 3.37. The summed E-state index contributed by atoms with van der Waals surface area (Å²) in [5, 5.41) is 10.2. The molecule has 2 amide bonds. The van der Waals surface area contributed by atoms with Gasteiger partial charge in [0.1, 0.15) is 0 Å². The molecule has 0 radical (unpaired) electrons. The molecule has 6 nitrogen and oxygen atoms in total. The first-order valence-corrected chi connectivity index (χ1v) is 8.29. The van der Waals surface area contributed by atoms with Crippen LogP contribution in [0.4, 0.5) is 5.69 Å². The van der Waals surface area contributed by atoms with Gasteiger partial charge in [0.05, 0.1) is 12.2 Å². The molecule has 1 fully saturated rings. The van der Waals surface area contributed by atoms with E-state index in [-0.39, 0.29) is 11.8 Å². The van der Waals surface area contributed by atoms with Crippen molar-refractivity contribution >= 4 is 29.1 Å². The van der Waals surface area contributed by atoms with Crippen LogP contribution in [-0.4, -0.2) is 28.9 Å². The number of benzene rings is 2. The molecular formula is C18H15ClN4O2. The van der Waals surface area contributed by atoms with Gasteiger partial charge in [-0.3, -0.25) is 14.6 Å². The number of hydrogen-bond acceptors (Lipinski definition) is 5. The molecule has 4 rings (SSSR count). The maximum Gasteiger partial charge on any atom is 0.263 e. The molecule has 7 heteroatoms. The Hall–Kier alpha value is -2.73. The fraction of sp³-hybridized carbons (Fsp3) is 0.222. The lowest BCUT2D eigenvalue weighted by molar-refractivity contribution is -0.123. The molecule has 1 saturated heterocycles. The molecule has 2 aromatic carbocycles. The predicted molar refractivity (Wildman–Crippen MR) is 93.1 cm³/mol. The van der Waals surface area contributed by atoms with Crippen molar-refractivity contribution in [3.8, 4) is 0 Å². The van der Waals surface area contributed by atoms with E-state index in [1.807, 2.05) is 31.2 Å². The third kappa shape index (κ3) is 2.59. The van der Waals surface area contributed by atoms with Crippen LogP contribution in [0.3, 0.4) is 0 Å². The van der Waals surface area contributed by atoms with Crippen molar-refractivity contribution < 1.29 is 9.59 Å². The van der Waals surface area contributed by atoms with E-state index in [4.69, 9.17) is 11.6 Å². The van der Waals surface area contributed by atoms with E-state index in [2.05, 4.69) is 10.3 Å². The summed E-state index contributed by atoms with van der Waals surface area (Å²) in [6, 6.07) is 13.1. The molecule has 25 heavy (non-hydrogen) atoms. The number of amides is 2. The summed E-state index contributed by atoms with van der Waals surface area (Å²) in [5.41, 5.74) is 2.61. The first-order chi connectivity index (χ1) is 12.1. The van der Waals surface area contributed by atoms with Crippen LogP contribution in [0.25, 0.3) is 0 Å². The van der Waals surface area contributed by atoms with Crippen LogP contribution in [0, 0.1) is 6.92 Å². The standard InChI is InChI=1S/C18H15ClN4O2/c1-11-5-2-3-6-12(11)10-22-16-15(20-21-22)17(24)23(18(16)25)14-8-4-7-13(19)9-14/h2-9,15-16H,10H2,1H3. The average Bonchev–Trinajstić information content (AvgIpc) is 3.10. The number of fused-ring (bicyclic) bond motifs is 1.